The number of carbonyl (C=O) groups is 1. The van der Waals surface area contributed by atoms with Crippen LogP contribution in [-0.4, -0.2) is 31.6 Å². The fourth-order valence-electron chi connectivity index (χ4n) is 2.28. The van der Waals surface area contributed by atoms with Crippen molar-refractivity contribution in [3.8, 4) is 11.4 Å². The number of nitrogens with zero attached hydrogens (tertiary/aromatic N) is 3. The molecule has 0 aliphatic rings. The van der Waals surface area contributed by atoms with Crippen LogP contribution in [0.15, 0.2) is 47.6 Å². The van der Waals surface area contributed by atoms with Gasteiger partial charge in [-0.2, -0.15) is 0 Å². The third-order valence-corrected chi connectivity index (χ3v) is 4.50. The number of ketones is 1. The lowest BCUT2D eigenvalue weighted by molar-refractivity contribution is -0.385. The summed E-state index contributed by atoms with van der Waals surface area (Å²) in [6.45, 7) is 1.61. The van der Waals surface area contributed by atoms with Crippen molar-refractivity contribution in [3.63, 3.8) is 0 Å². The van der Waals surface area contributed by atoms with Gasteiger partial charge in [-0.05, 0) is 19.1 Å². The second-order valence-electron chi connectivity index (χ2n) is 5.42. The number of thioether (sulfide) groups is 1. The van der Waals surface area contributed by atoms with Gasteiger partial charge in [0.15, 0.2) is 11.6 Å². The van der Waals surface area contributed by atoms with E-state index in [-0.39, 0.29) is 34.2 Å². The summed E-state index contributed by atoms with van der Waals surface area (Å²) in [6.07, 6.45) is 0. The first-order valence-electron chi connectivity index (χ1n) is 7.54. The number of benzene rings is 2. The molecule has 0 saturated heterocycles. The van der Waals surface area contributed by atoms with Crippen molar-refractivity contribution in [1.82, 2.24) is 15.2 Å². The number of Topliss-reactive ketones (excluding diaryl/α,β-unsaturated/α-hetero) is 1. The van der Waals surface area contributed by atoms with E-state index >= 15 is 0 Å². The predicted molar refractivity (Wildman–Crippen MR) is 94.7 cm³/mol. The Labute approximate surface area is 151 Å². The Morgan fingerprint density at radius 1 is 1.31 bits per heavy atom. The Hall–Kier alpha value is -3.07. The first-order valence-corrected chi connectivity index (χ1v) is 8.52. The summed E-state index contributed by atoms with van der Waals surface area (Å²) >= 11 is 1.07. The molecule has 0 radical (unpaired) electrons. The van der Waals surface area contributed by atoms with Crippen LogP contribution in [0.1, 0.15) is 15.9 Å². The lowest BCUT2D eigenvalue weighted by atomic mass is 10.1. The number of H-pyrrole nitrogens is 1. The van der Waals surface area contributed by atoms with Gasteiger partial charge in [-0.1, -0.05) is 36.0 Å². The lowest BCUT2D eigenvalue weighted by Crippen LogP contribution is -2.04. The van der Waals surface area contributed by atoms with Crippen LogP contribution in [0.4, 0.5) is 10.1 Å². The zero-order chi connectivity index (χ0) is 18.7. The zero-order valence-corrected chi connectivity index (χ0v) is 14.4. The standard InChI is InChI=1S/C17H13FN4O3S/c1-10-6-7-11(8-14(10)22(24)25)15(23)9-26-17-19-16(20-21-17)12-4-2-3-5-13(12)18/h2-8H,9H2,1H3,(H,19,20,21). The zero-order valence-electron chi connectivity index (χ0n) is 13.6. The van der Waals surface area contributed by atoms with Crippen molar-refractivity contribution in [3.05, 3.63) is 69.5 Å². The summed E-state index contributed by atoms with van der Waals surface area (Å²) in [5, 5.41) is 17.9. The van der Waals surface area contributed by atoms with Crippen LogP contribution in [0, 0.1) is 22.9 Å². The molecule has 1 aromatic heterocycles. The molecular formula is C17H13FN4O3S. The van der Waals surface area contributed by atoms with E-state index in [1.165, 1.54) is 12.1 Å². The number of aryl methyl sites for hydroxylation is 1. The van der Waals surface area contributed by atoms with Crippen LogP contribution < -0.4 is 0 Å². The number of hydrogen-bond donors (Lipinski definition) is 1. The van der Waals surface area contributed by atoms with Gasteiger partial charge in [-0.15, -0.1) is 5.10 Å². The molecule has 0 atom stereocenters. The molecule has 7 nitrogen and oxygen atoms in total. The van der Waals surface area contributed by atoms with Crippen LogP contribution in [0.25, 0.3) is 11.4 Å². The number of halogens is 1. The van der Waals surface area contributed by atoms with Crippen LogP contribution >= 0.6 is 11.8 Å². The minimum atomic E-state index is -0.519. The maximum absolute atomic E-state index is 13.8. The molecule has 0 spiro atoms. The van der Waals surface area contributed by atoms with Crippen molar-refractivity contribution >= 4 is 23.2 Å². The third-order valence-electron chi connectivity index (χ3n) is 3.65. The molecule has 3 rings (SSSR count). The van der Waals surface area contributed by atoms with E-state index < -0.39 is 10.7 Å². The maximum Gasteiger partial charge on any atom is 0.273 e. The highest BCUT2D eigenvalue weighted by Crippen LogP contribution is 2.24. The topological polar surface area (TPSA) is 102 Å². The molecule has 1 N–H and O–H groups in total. The van der Waals surface area contributed by atoms with Gasteiger partial charge in [0.2, 0.25) is 5.16 Å². The minimum Gasteiger partial charge on any atom is -0.293 e. The van der Waals surface area contributed by atoms with Gasteiger partial charge in [-0.25, -0.2) is 9.37 Å². The predicted octanol–water partition coefficient (Wildman–Crippen LogP) is 3.80. The Morgan fingerprint density at radius 3 is 2.81 bits per heavy atom. The highest BCUT2D eigenvalue weighted by Gasteiger charge is 2.16. The smallest absolute Gasteiger partial charge is 0.273 e. The van der Waals surface area contributed by atoms with E-state index in [9.17, 15) is 19.3 Å². The molecule has 1 heterocycles. The average Bonchev–Trinajstić information content (AvgIpc) is 3.09. The lowest BCUT2D eigenvalue weighted by Gasteiger charge is -2.01. The maximum atomic E-state index is 13.8. The van der Waals surface area contributed by atoms with Crippen LogP contribution in [0.3, 0.4) is 0 Å². The monoisotopic (exact) mass is 372 g/mol. The van der Waals surface area contributed by atoms with Crippen molar-refractivity contribution < 1.29 is 14.1 Å². The fourth-order valence-corrected chi connectivity index (χ4v) is 2.97. The Balaban J connectivity index is 1.70. The molecule has 2 aromatic carbocycles. The summed E-state index contributed by atoms with van der Waals surface area (Å²) in [5.74, 6) is -0.433. The third kappa shape index (κ3) is 3.77. The largest absolute Gasteiger partial charge is 0.293 e. The molecule has 0 saturated carbocycles. The number of carbonyl (C=O) groups excluding carboxylic acids is 1. The Morgan fingerprint density at radius 2 is 2.08 bits per heavy atom. The van der Waals surface area contributed by atoms with E-state index in [2.05, 4.69) is 15.2 Å². The number of nitro groups is 1. The van der Waals surface area contributed by atoms with E-state index in [1.807, 2.05) is 0 Å². The van der Waals surface area contributed by atoms with E-state index in [0.29, 0.717) is 10.7 Å². The van der Waals surface area contributed by atoms with Crippen molar-refractivity contribution in [1.29, 1.82) is 0 Å². The van der Waals surface area contributed by atoms with Crippen LogP contribution in [0.2, 0.25) is 0 Å². The summed E-state index contributed by atoms with van der Waals surface area (Å²) in [7, 11) is 0. The number of aromatic amines is 1. The van der Waals surface area contributed by atoms with Gasteiger partial charge < -0.3 is 0 Å². The first kappa shape index (κ1) is 17.7. The molecule has 0 amide bonds. The van der Waals surface area contributed by atoms with Gasteiger partial charge in [-0.3, -0.25) is 20.0 Å². The molecule has 0 aliphatic carbocycles. The second kappa shape index (κ2) is 7.44. The van der Waals surface area contributed by atoms with Gasteiger partial charge in [0.25, 0.3) is 5.69 Å². The number of rotatable bonds is 6. The molecule has 0 unspecified atom stereocenters. The molecule has 0 bridgehead atoms. The number of hydrogen-bond acceptors (Lipinski definition) is 6. The molecule has 3 aromatic rings. The van der Waals surface area contributed by atoms with Gasteiger partial charge in [0.05, 0.1) is 16.2 Å². The summed E-state index contributed by atoms with van der Waals surface area (Å²) < 4.78 is 13.8. The Kier molecular flexibility index (Phi) is 5.08. The molecule has 0 aliphatic heterocycles. The summed E-state index contributed by atoms with van der Waals surface area (Å²) in [4.78, 5) is 26.9. The van der Waals surface area contributed by atoms with Crippen molar-refractivity contribution in [2.75, 3.05) is 5.75 Å². The molecule has 132 valence electrons. The first-order chi connectivity index (χ1) is 12.5. The van der Waals surface area contributed by atoms with E-state index in [1.54, 1.807) is 37.3 Å². The summed E-state index contributed by atoms with van der Waals surface area (Å²) in [5.41, 5.74) is 0.926. The van der Waals surface area contributed by atoms with E-state index in [4.69, 9.17) is 0 Å². The number of aromatic nitrogens is 3. The quantitative estimate of drug-likeness (QED) is 0.306. The second-order valence-corrected chi connectivity index (χ2v) is 6.36. The molecular weight excluding hydrogens is 359 g/mol. The highest BCUT2D eigenvalue weighted by atomic mass is 32.2. The van der Waals surface area contributed by atoms with Gasteiger partial charge in [0, 0.05) is 17.2 Å². The number of nitrogens with one attached hydrogen (secondary N) is 1. The van der Waals surface area contributed by atoms with Crippen LogP contribution in [0.5, 0.6) is 0 Å². The molecule has 9 heteroatoms. The highest BCUT2D eigenvalue weighted by molar-refractivity contribution is 7.99. The molecule has 0 fully saturated rings. The van der Waals surface area contributed by atoms with Crippen LogP contribution in [-0.2, 0) is 0 Å². The molecule has 26 heavy (non-hydrogen) atoms. The normalized spacial score (nSPS) is 10.7. The van der Waals surface area contributed by atoms with Gasteiger partial charge in [0.1, 0.15) is 5.82 Å². The Bertz CT molecular complexity index is 990. The average molecular weight is 372 g/mol. The van der Waals surface area contributed by atoms with E-state index in [0.717, 1.165) is 11.8 Å². The SMILES string of the molecule is Cc1ccc(C(=O)CSc2n[nH]c(-c3ccccc3F)n2)cc1[N+](=O)[O-]. The van der Waals surface area contributed by atoms with Crippen molar-refractivity contribution in [2.45, 2.75) is 12.1 Å². The fraction of sp³-hybridized carbons (Fsp3) is 0.118. The summed E-state index contributed by atoms with van der Waals surface area (Å²) in [6, 6.07) is 10.5. The minimum absolute atomic E-state index is 0.00871. The van der Waals surface area contributed by atoms with Crippen molar-refractivity contribution in [2.24, 2.45) is 0 Å². The number of nitro benzene ring substituents is 1. The van der Waals surface area contributed by atoms with Gasteiger partial charge >= 0.3 is 0 Å².